The molecule has 3 aromatic heterocycles. The van der Waals surface area contributed by atoms with E-state index in [9.17, 15) is 14.0 Å². The predicted octanol–water partition coefficient (Wildman–Crippen LogP) is 6.11. The van der Waals surface area contributed by atoms with Crippen LogP contribution in [0.25, 0.3) is 43.7 Å². The van der Waals surface area contributed by atoms with E-state index in [4.69, 9.17) is 14.5 Å². The van der Waals surface area contributed by atoms with Crippen molar-refractivity contribution in [3.8, 4) is 39.4 Å². The number of thiophene rings is 1. The Hall–Kier alpha value is -4.84. The molecule has 0 aliphatic carbocycles. The first-order chi connectivity index (χ1) is 22.9. The van der Waals surface area contributed by atoms with Crippen molar-refractivity contribution < 1.29 is 27.8 Å². The van der Waals surface area contributed by atoms with Crippen molar-refractivity contribution >= 4 is 33.1 Å². The summed E-state index contributed by atoms with van der Waals surface area (Å²) in [4.78, 5) is 34.7. The van der Waals surface area contributed by atoms with Gasteiger partial charge in [0.05, 0.1) is 41.7 Å². The number of fused-ring (bicyclic) bond motifs is 3. The number of pyridine rings is 2. The summed E-state index contributed by atoms with van der Waals surface area (Å²) in [5.41, 5.74) is 6.35. The predicted molar refractivity (Wildman–Crippen MR) is 176 cm³/mol. The molecule has 2 aliphatic heterocycles. The van der Waals surface area contributed by atoms with Gasteiger partial charge in [-0.05, 0) is 52.8 Å². The summed E-state index contributed by atoms with van der Waals surface area (Å²) in [6, 6.07) is 11.1. The second-order valence-electron chi connectivity index (χ2n) is 11.4. The normalized spacial score (nSPS) is 15.6. The Morgan fingerprint density at radius 2 is 1.96 bits per heavy atom. The molecule has 0 fully saturated rings. The second-order valence-corrected chi connectivity index (χ2v) is 12.3. The van der Waals surface area contributed by atoms with E-state index in [1.54, 1.807) is 6.20 Å². The summed E-state index contributed by atoms with van der Waals surface area (Å²) in [6.07, 6.45) is 3.94. The molecule has 238 valence electrons. The van der Waals surface area contributed by atoms with Crippen molar-refractivity contribution in [2.24, 2.45) is 0 Å². The highest BCUT2D eigenvalue weighted by Gasteiger charge is 2.29. The minimum Gasteiger partial charge on any atom is -0.490 e. The van der Waals surface area contributed by atoms with Crippen molar-refractivity contribution in [1.29, 1.82) is 0 Å². The van der Waals surface area contributed by atoms with Gasteiger partial charge in [-0.15, -0.1) is 11.3 Å². The van der Waals surface area contributed by atoms with E-state index in [1.165, 1.54) is 30.6 Å². The summed E-state index contributed by atoms with van der Waals surface area (Å²) in [5.74, 6) is -1.78. The van der Waals surface area contributed by atoms with Gasteiger partial charge in [0, 0.05) is 65.3 Å². The Morgan fingerprint density at radius 3 is 2.79 bits per heavy atom. The SMILES string of the molecule is C=CC(=O)[C@@H]1NCCc2ccc(-c3nc(-c4cnc5c(c4)CNC(=O)C5)c4ccsc4c3-c3c(F)cc(F)cc3OCCOC)cc21. The van der Waals surface area contributed by atoms with Gasteiger partial charge in [-0.2, -0.15) is 0 Å². The van der Waals surface area contributed by atoms with Gasteiger partial charge in [-0.25, -0.2) is 13.8 Å². The van der Waals surface area contributed by atoms with Gasteiger partial charge in [0.25, 0.3) is 0 Å². The second kappa shape index (κ2) is 12.7. The van der Waals surface area contributed by atoms with Gasteiger partial charge in [0.1, 0.15) is 24.0 Å². The fraction of sp³-hybridized carbons (Fsp3) is 0.222. The first-order valence-electron chi connectivity index (χ1n) is 15.2. The van der Waals surface area contributed by atoms with Crippen LogP contribution in [-0.4, -0.2) is 48.5 Å². The maximum atomic E-state index is 16.1. The van der Waals surface area contributed by atoms with Crippen molar-refractivity contribution in [1.82, 2.24) is 20.6 Å². The Morgan fingerprint density at radius 1 is 1.09 bits per heavy atom. The number of amides is 1. The lowest BCUT2D eigenvalue weighted by Gasteiger charge is -2.26. The largest absolute Gasteiger partial charge is 0.490 e. The summed E-state index contributed by atoms with van der Waals surface area (Å²) in [7, 11) is 1.52. The zero-order valence-electron chi connectivity index (χ0n) is 25.5. The van der Waals surface area contributed by atoms with Gasteiger partial charge in [0.2, 0.25) is 5.91 Å². The highest BCUT2D eigenvalue weighted by molar-refractivity contribution is 7.18. The number of benzene rings is 2. The highest BCUT2D eigenvalue weighted by Crippen LogP contribution is 2.47. The van der Waals surface area contributed by atoms with Crippen LogP contribution in [0.2, 0.25) is 0 Å². The third-order valence-corrected chi connectivity index (χ3v) is 9.45. The molecule has 2 aliphatic rings. The van der Waals surface area contributed by atoms with Gasteiger partial charge in [0.15, 0.2) is 5.78 Å². The van der Waals surface area contributed by atoms with Crippen LogP contribution in [0.4, 0.5) is 8.78 Å². The Labute approximate surface area is 273 Å². The average Bonchev–Trinajstić information content (AvgIpc) is 3.57. The first kappa shape index (κ1) is 30.8. The summed E-state index contributed by atoms with van der Waals surface area (Å²) < 4.78 is 42.5. The van der Waals surface area contributed by atoms with Crippen LogP contribution < -0.4 is 15.4 Å². The number of halogens is 2. The zero-order chi connectivity index (χ0) is 32.7. The molecule has 1 amide bonds. The summed E-state index contributed by atoms with van der Waals surface area (Å²) in [6.45, 7) is 4.97. The summed E-state index contributed by atoms with van der Waals surface area (Å²) in [5, 5.41) is 8.81. The molecule has 0 saturated carbocycles. The van der Waals surface area contributed by atoms with E-state index in [-0.39, 0.29) is 42.6 Å². The van der Waals surface area contributed by atoms with E-state index < -0.39 is 17.7 Å². The molecule has 0 bridgehead atoms. The van der Waals surface area contributed by atoms with Crippen LogP contribution in [0.5, 0.6) is 5.75 Å². The minimum absolute atomic E-state index is 0.0237. The number of hydrogen-bond acceptors (Lipinski definition) is 8. The third-order valence-electron chi connectivity index (χ3n) is 8.52. The Balaban J connectivity index is 1.51. The van der Waals surface area contributed by atoms with Crippen LogP contribution >= 0.6 is 11.3 Å². The molecule has 7 rings (SSSR count). The number of carbonyl (C=O) groups excluding carboxylic acids is 2. The summed E-state index contributed by atoms with van der Waals surface area (Å²) >= 11 is 1.41. The lowest BCUT2D eigenvalue weighted by atomic mass is 9.88. The number of methoxy groups -OCH3 is 1. The van der Waals surface area contributed by atoms with Crippen LogP contribution in [0.3, 0.4) is 0 Å². The number of nitrogens with zero attached hydrogens (tertiary/aromatic N) is 2. The van der Waals surface area contributed by atoms with Crippen molar-refractivity contribution in [2.75, 3.05) is 26.9 Å². The zero-order valence-corrected chi connectivity index (χ0v) is 26.3. The smallest absolute Gasteiger partial charge is 0.226 e. The van der Waals surface area contributed by atoms with Crippen LogP contribution in [-0.2, 0) is 33.7 Å². The fourth-order valence-electron chi connectivity index (χ4n) is 6.29. The molecule has 47 heavy (non-hydrogen) atoms. The molecular weight excluding hydrogens is 622 g/mol. The van der Waals surface area contributed by atoms with Crippen LogP contribution in [0.15, 0.2) is 66.7 Å². The lowest BCUT2D eigenvalue weighted by molar-refractivity contribution is -0.121. The van der Waals surface area contributed by atoms with E-state index in [0.717, 1.165) is 40.1 Å². The van der Waals surface area contributed by atoms with E-state index in [2.05, 4.69) is 22.2 Å². The minimum atomic E-state index is -0.798. The van der Waals surface area contributed by atoms with Crippen molar-refractivity contribution in [3.63, 3.8) is 0 Å². The van der Waals surface area contributed by atoms with Crippen LogP contribution in [0, 0.1) is 11.6 Å². The molecule has 5 heterocycles. The monoisotopic (exact) mass is 652 g/mol. The van der Waals surface area contributed by atoms with E-state index in [1.807, 2.05) is 35.7 Å². The number of nitrogens with one attached hydrogen (secondary N) is 2. The maximum absolute atomic E-state index is 16.1. The van der Waals surface area contributed by atoms with E-state index in [0.29, 0.717) is 46.0 Å². The molecule has 2 N–H and O–H groups in total. The topological polar surface area (TPSA) is 102 Å². The third kappa shape index (κ3) is 5.71. The molecule has 0 unspecified atom stereocenters. The lowest BCUT2D eigenvalue weighted by Crippen LogP contribution is -2.34. The number of ether oxygens (including phenoxy) is 2. The molecule has 0 spiro atoms. The molecule has 2 aromatic carbocycles. The van der Waals surface area contributed by atoms with Gasteiger partial charge in [-0.3, -0.25) is 14.6 Å². The number of carbonyl (C=O) groups is 2. The van der Waals surface area contributed by atoms with Gasteiger partial charge in [-0.1, -0.05) is 18.7 Å². The van der Waals surface area contributed by atoms with E-state index >= 15 is 4.39 Å². The molecular formula is C36H30F2N4O4S. The molecule has 8 nitrogen and oxygen atoms in total. The van der Waals surface area contributed by atoms with Crippen molar-refractivity contribution in [3.05, 3.63) is 101 Å². The number of aromatic nitrogens is 2. The Kier molecular flexibility index (Phi) is 8.35. The number of rotatable bonds is 9. The first-order valence-corrected chi connectivity index (χ1v) is 16.0. The van der Waals surface area contributed by atoms with Gasteiger partial charge < -0.3 is 20.1 Å². The Bertz CT molecular complexity index is 2080. The van der Waals surface area contributed by atoms with Crippen molar-refractivity contribution in [2.45, 2.75) is 25.4 Å². The standard InChI is InChI=1S/C36H30F2N4O4S/c1-3-28(43)35-25-13-20(5-4-19(25)6-8-39-35)34-32(31-26(38)14-23(37)15-29(31)46-10-9-45-2)36-24(7-11-47-36)33(42-34)22-12-21-17-41-30(44)16-27(21)40-18-22/h3-5,7,11-15,18,35,39H,1,6,8-10,16-17H2,2H3,(H,41,44)/t35-/m1/s1. The molecule has 1 atom stereocenters. The maximum Gasteiger partial charge on any atom is 0.226 e. The molecule has 11 heteroatoms. The fourth-order valence-corrected chi connectivity index (χ4v) is 7.24. The molecule has 0 saturated heterocycles. The molecule has 0 radical (unpaired) electrons. The van der Waals surface area contributed by atoms with Crippen LogP contribution in [0.1, 0.15) is 28.4 Å². The number of hydrogen-bond donors (Lipinski definition) is 2. The molecule has 5 aromatic rings. The highest BCUT2D eigenvalue weighted by atomic mass is 32.1. The number of ketones is 1. The average molecular weight is 653 g/mol. The quantitative estimate of drug-likeness (QED) is 0.146. The van der Waals surface area contributed by atoms with Gasteiger partial charge >= 0.3 is 0 Å².